The van der Waals surface area contributed by atoms with E-state index in [1.807, 2.05) is 19.9 Å². The van der Waals surface area contributed by atoms with E-state index in [-0.39, 0.29) is 40.4 Å². The Morgan fingerprint density at radius 2 is 1.26 bits per heavy atom. The fraction of sp³-hybridized carbons (Fsp3) is 0.333. The summed E-state index contributed by atoms with van der Waals surface area (Å²) in [7, 11) is -4.33. The Labute approximate surface area is 162 Å². The third kappa shape index (κ3) is 7.64. The summed E-state index contributed by atoms with van der Waals surface area (Å²) in [5, 5.41) is 0. The maximum absolute atomic E-state index is 10.8. The van der Waals surface area contributed by atoms with Gasteiger partial charge in [0, 0.05) is 0 Å². The number of rotatable bonds is 3. The zero-order valence-electron chi connectivity index (χ0n) is 14.5. The molecule has 0 aliphatic carbocycles. The van der Waals surface area contributed by atoms with Gasteiger partial charge in [-0.1, -0.05) is 76.2 Å². The summed E-state index contributed by atoms with van der Waals surface area (Å²) in [5.41, 5.74) is 2.00. The van der Waals surface area contributed by atoms with Crippen LogP contribution in [-0.4, -0.2) is 13.0 Å². The minimum Gasteiger partial charge on any atom is -0.744 e. The van der Waals surface area contributed by atoms with Crippen molar-refractivity contribution in [2.24, 2.45) is 0 Å². The molecule has 0 amide bonds. The molecule has 0 saturated heterocycles. The van der Waals surface area contributed by atoms with Gasteiger partial charge < -0.3 is 4.55 Å². The van der Waals surface area contributed by atoms with Crippen LogP contribution in [-0.2, 0) is 10.1 Å². The molecule has 2 aromatic carbocycles. The molecule has 0 aromatic heterocycles. The summed E-state index contributed by atoms with van der Waals surface area (Å²) >= 11 is 0. The Balaban J connectivity index is 0.000000427. The fourth-order valence-corrected chi connectivity index (χ4v) is 2.86. The van der Waals surface area contributed by atoms with Gasteiger partial charge in [0.2, 0.25) is 0 Å². The van der Waals surface area contributed by atoms with Crippen molar-refractivity contribution in [3.63, 3.8) is 0 Å². The molecule has 0 unspecified atom stereocenters. The van der Waals surface area contributed by atoms with Crippen molar-refractivity contribution in [2.75, 3.05) is 0 Å². The van der Waals surface area contributed by atoms with Gasteiger partial charge in [0.25, 0.3) is 0 Å². The van der Waals surface area contributed by atoms with E-state index in [0.717, 1.165) is 0 Å². The Morgan fingerprint density at radius 3 is 1.61 bits per heavy atom. The van der Waals surface area contributed by atoms with Crippen molar-refractivity contribution < 1.29 is 42.5 Å². The largest absolute Gasteiger partial charge is 1.00 e. The minimum absolute atomic E-state index is 0. The van der Waals surface area contributed by atoms with Crippen LogP contribution in [0.5, 0.6) is 0 Å². The average Bonchev–Trinajstić information content (AvgIpc) is 2.48. The summed E-state index contributed by atoms with van der Waals surface area (Å²) in [6.07, 6.45) is 0. The summed E-state index contributed by atoms with van der Waals surface area (Å²) < 4.78 is 32.4. The summed E-state index contributed by atoms with van der Waals surface area (Å²) in [4.78, 5) is -0.106. The van der Waals surface area contributed by atoms with Crippen LogP contribution < -0.4 is 29.6 Å². The molecule has 0 fully saturated rings. The predicted molar refractivity (Wildman–Crippen MR) is 89.0 cm³/mol. The van der Waals surface area contributed by atoms with E-state index >= 15 is 0 Å². The van der Waals surface area contributed by atoms with E-state index in [0.29, 0.717) is 11.5 Å². The van der Waals surface area contributed by atoms with Crippen molar-refractivity contribution in [3.8, 4) is 0 Å². The summed E-state index contributed by atoms with van der Waals surface area (Å²) in [5.74, 6) is 0.700. The van der Waals surface area contributed by atoms with Crippen LogP contribution in [0.15, 0.2) is 59.5 Å². The Morgan fingerprint density at radius 1 is 0.783 bits per heavy atom. The zero-order chi connectivity index (χ0) is 16.8. The first-order chi connectivity index (χ1) is 10.2. The van der Waals surface area contributed by atoms with Gasteiger partial charge >= 0.3 is 29.6 Å². The van der Waals surface area contributed by atoms with Gasteiger partial charge in [-0.25, -0.2) is 8.42 Å². The topological polar surface area (TPSA) is 57.2 Å². The third-order valence-corrected chi connectivity index (χ3v) is 4.19. The van der Waals surface area contributed by atoms with Crippen molar-refractivity contribution in [1.82, 2.24) is 0 Å². The third-order valence-electron chi connectivity index (χ3n) is 3.28. The molecule has 0 bridgehead atoms. The molecule has 2 aromatic rings. The van der Waals surface area contributed by atoms with E-state index in [4.69, 9.17) is 0 Å². The second kappa shape index (κ2) is 10.3. The molecule has 23 heavy (non-hydrogen) atoms. The quantitative estimate of drug-likeness (QED) is 0.628. The van der Waals surface area contributed by atoms with E-state index in [9.17, 15) is 13.0 Å². The molecule has 5 heteroatoms. The molecule has 0 radical (unpaired) electrons. The van der Waals surface area contributed by atoms with Crippen LogP contribution in [0.1, 0.15) is 50.7 Å². The molecule has 3 nitrogen and oxygen atoms in total. The first-order valence-corrected chi connectivity index (χ1v) is 8.74. The molecule has 0 saturated carbocycles. The molecule has 0 heterocycles. The molecule has 2 rings (SSSR count). The molecular weight excluding hydrogens is 319 g/mol. The van der Waals surface area contributed by atoms with Gasteiger partial charge in [0.1, 0.15) is 10.1 Å². The molecule has 120 valence electrons. The van der Waals surface area contributed by atoms with Crippen LogP contribution in [0.3, 0.4) is 0 Å². The Kier molecular flexibility index (Phi) is 9.97. The number of benzene rings is 2. The maximum atomic E-state index is 10.8. The van der Waals surface area contributed by atoms with Gasteiger partial charge in [-0.3, -0.25) is 0 Å². The van der Waals surface area contributed by atoms with E-state index in [2.05, 4.69) is 38.1 Å². The fourth-order valence-electron chi connectivity index (χ4n) is 2.02. The van der Waals surface area contributed by atoms with Crippen LogP contribution in [0.4, 0.5) is 0 Å². The molecule has 0 atom stereocenters. The van der Waals surface area contributed by atoms with Crippen molar-refractivity contribution in [3.05, 3.63) is 65.7 Å². The van der Waals surface area contributed by atoms with E-state index < -0.39 is 10.1 Å². The first-order valence-electron chi connectivity index (χ1n) is 7.33. The second-order valence-electron chi connectivity index (χ2n) is 5.71. The maximum Gasteiger partial charge on any atom is 1.00 e. The van der Waals surface area contributed by atoms with Crippen LogP contribution in [0.25, 0.3) is 0 Å². The minimum atomic E-state index is -4.33. The van der Waals surface area contributed by atoms with Crippen molar-refractivity contribution in [1.29, 1.82) is 0 Å². The second-order valence-corrected chi connectivity index (χ2v) is 7.06. The van der Waals surface area contributed by atoms with Gasteiger partial charge in [-0.15, -0.1) is 0 Å². The number of hydrogen-bond acceptors (Lipinski definition) is 3. The smallest absolute Gasteiger partial charge is 0.744 e. The first kappa shape index (κ1) is 22.4. The van der Waals surface area contributed by atoms with Gasteiger partial charge in [-0.05, 0) is 29.0 Å². The van der Waals surface area contributed by atoms with Gasteiger partial charge in [-0.2, -0.15) is 0 Å². The molecule has 0 spiro atoms. The SMILES string of the molecule is CC(C)c1ccccc1.CC(C)c1ccccc1S(=O)(=O)[O-].[Na+]. The summed E-state index contributed by atoms with van der Waals surface area (Å²) in [6, 6.07) is 16.8. The summed E-state index contributed by atoms with van der Waals surface area (Å²) in [6.45, 7) is 8.11. The van der Waals surface area contributed by atoms with Crippen LogP contribution in [0.2, 0.25) is 0 Å². The van der Waals surface area contributed by atoms with Crippen molar-refractivity contribution >= 4 is 10.1 Å². The average molecular weight is 342 g/mol. The standard InChI is InChI=1S/C9H12O3S.C9H12.Na/c1-7(2)8-5-3-4-6-9(8)13(10,11)12;1-8(2)9-6-4-3-5-7-9;/h3-7H,1-2H3,(H,10,11,12);3-8H,1-2H3;/q;;+1/p-1. The molecule has 0 N–H and O–H groups in total. The van der Waals surface area contributed by atoms with Gasteiger partial charge in [0.05, 0.1) is 4.90 Å². The normalized spacial score (nSPS) is 10.7. The van der Waals surface area contributed by atoms with Crippen molar-refractivity contribution in [2.45, 2.75) is 44.4 Å². The van der Waals surface area contributed by atoms with Gasteiger partial charge in [0.15, 0.2) is 0 Å². The molecule has 0 aliphatic heterocycles. The van der Waals surface area contributed by atoms with E-state index in [1.54, 1.807) is 18.2 Å². The molecule has 0 aliphatic rings. The van der Waals surface area contributed by atoms with Crippen LogP contribution in [0, 0.1) is 0 Å². The monoisotopic (exact) mass is 342 g/mol. The van der Waals surface area contributed by atoms with E-state index in [1.165, 1.54) is 11.6 Å². The molecular formula is C18H23NaO3S. The van der Waals surface area contributed by atoms with Crippen LogP contribution >= 0.6 is 0 Å². The Bertz CT molecular complexity index is 680. The predicted octanol–water partition coefficient (Wildman–Crippen LogP) is 1.53. The zero-order valence-corrected chi connectivity index (χ0v) is 17.3. The number of hydrogen-bond donors (Lipinski definition) is 0. The Hall–Kier alpha value is -0.650.